The Morgan fingerprint density at radius 2 is 2.00 bits per heavy atom. The van der Waals surface area contributed by atoms with Crippen molar-refractivity contribution >= 4 is 22.0 Å². The van der Waals surface area contributed by atoms with Crippen LogP contribution in [0.2, 0.25) is 0 Å². The fourth-order valence-corrected chi connectivity index (χ4v) is 1.61. The summed E-state index contributed by atoms with van der Waals surface area (Å²) < 4.78 is 5.08. The van der Waals surface area contributed by atoms with Crippen molar-refractivity contribution in [2.45, 2.75) is 25.7 Å². The van der Waals surface area contributed by atoms with Gasteiger partial charge in [-0.15, -0.1) is 0 Å². The first-order valence-electron chi connectivity index (χ1n) is 4.82. The summed E-state index contributed by atoms with van der Waals surface area (Å²) in [7, 11) is 0. The molecule has 1 amide bonds. The van der Waals surface area contributed by atoms with Crippen LogP contribution in [0, 0.1) is 0 Å². The van der Waals surface area contributed by atoms with Crippen LogP contribution in [-0.4, -0.2) is 36.0 Å². The van der Waals surface area contributed by atoms with Crippen LogP contribution >= 0.6 is 15.9 Å². The highest BCUT2D eigenvalue weighted by atomic mass is 79.9. The first-order valence-corrected chi connectivity index (χ1v) is 5.94. The molecular formula is C9H16BrNO2. The molecule has 1 rings (SSSR count). The monoisotopic (exact) mass is 249 g/mol. The summed E-state index contributed by atoms with van der Waals surface area (Å²) in [6.45, 7) is 2.26. The van der Waals surface area contributed by atoms with Crippen molar-refractivity contribution in [3.05, 3.63) is 0 Å². The molecule has 0 aromatic heterocycles. The van der Waals surface area contributed by atoms with Crippen molar-refractivity contribution in [3.8, 4) is 0 Å². The number of carbonyl (C=O) groups is 1. The topological polar surface area (TPSA) is 29.5 Å². The number of carbonyl (C=O) groups excluding carboxylic acids is 1. The summed E-state index contributed by atoms with van der Waals surface area (Å²) in [5, 5.41) is 0.889. The minimum absolute atomic E-state index is 0.138. The zero-order chi connectivity index (χ0) is 9.52. The lowest BCUT2D eigenvalue weighted by molar-refractivity contribution is 0.0956. The van der Waals surface area contributed by atoms with E-state index >= 15 is 0 Å². The van der Waals surface area contributed by atoms with E-state index in [1.165, 1.54) is 6.42 Å². The van der Waals surface area contributed by atoms with Gasteiger partial charge < -0.3 is 9.64 Å². The molecule has 1 saturated heterocycles. The maximum absolute atomic E-state index is 11.4. The number of piperidine rings is 1. The zero-order valence-corrected chi connectivity index (χ0v) is 9.38. The molecule has 0 aliphatic carbocycles. The number of hydrogen-bond acceptors (Lipinski definition) is 2. The number of ether oxygens (including phenoxy) is 1. The summed E-state index contributed by atoms with van der Waals surface area (Å²) in [4.78, 5) is 13.2. The molecule has 0 radical (unpaired) electrons. The van der Waals surface area contributed by atoms with Crippen LogP contribution in [0.25, 0.3) is 0 Å². The molecular weight excluding hydrogens is 234 g/mol. The van der Waals surface area contributed by atoms with Crippen LogP contribution in [0.4, 0.5) is 4.79 Å². The molecule has 76 valence electrons. The van der Waals surface area contributed by atoms with Crippen molar-refractivity contribution in [2.75, 3.05) is 25.0 Å². The average molecular weight is 250 g/mol. The quantitative estimate of drug-likeness (QED) is 0.568. The van der Waals surface area contributed by atoms with E-state index in [-0.39, 0.29) is 6.09 Å². The fraction of sp³-hybridized carbons (Fsp3) is 0.889. The molecule has 0 atom stereocenters. The van der Waals surface area contributed by atoms with E-state index in [2.05, 4.69) is 15.9 Å². The van der Waals surface area contributed by atoms with Crippen LogP contribution in [0.15, 0.2) is 0 Å². The molecule has 4 heteroatoms. The first-order chi connectivity index (χ1) is 6.34. The van der Waals surface area contributed by atoms with Crippen LogP contribution in [0.1, 0.15) is 25.7 Å². The van der Waals surface area contributed by atoms with E-state index < -0.39 is 0 Å². The number of alkyl halides is 1. The highest BCUT2D eigenvalue weighted by molar-refractivity contribution is 9.09. The van der Waals surface area contributed by atoms with Gasteiger partial charge in [-0.3, -0.25) is 0 Å². The maximum Gasteiger partial charge on any atom is 0.409 e. The predicted octanol–water partition coefficient (Wildman–Crippen LogP) is 2.39. The predicted molar refractivity (Wildman–Crippen MR) is 55.2 cm³/mol. The molecule has 3 nitrogen and oxygen atoms in total. The molecule has 0 aromatic rings. The Balaban J connectivity index is 2.13. The third-order valence-corrected chi connectivity index (χ3v) is 2.68. The molecule has 0 aromatic carbocycles. The van der Waals surface area contributed by atoms with E-state index in [0.29, 0.717) is 6.61 Å². The second kappa shape index (κ2) is 6.24. The Hall–Kier alpha value is -0.250. The normalized spacial score (nSPS) is 17.2. The molecule has 0 bridgehead atoms. The molecule has 1 aliphatic heterocycles. The Morgan fingerprint density at radius 3 is 2.62 bits per heavy atom. The van der Waals surface area contributed by atoms with E-state index in [4.69, 9.17) is 4.74 Å². The largest absolute Gasteiger partial charge is 0.449 e. The van der Waals surface area contributed by atoms with Crippen LogP contribution < -0.4 is 0 Å². The lowest BCUT2D eigenvalue weighted by Gasteiger charge is -2.25. The molecule has 1 heterocycles. The minimum atomic E-state index is -0.138. The summed E-state index contributed by atoms with van der Waals surface area (Å²) in [5.41, 5.74) is 0. The van der Waals surface area contributed by atoms with Crippen molar-refractivity contribution in [1.82, 2.24) is 4.90 Å². The maximum atomic E-state index is 11.4. The number of rotatable bonds is 3. The minimum Gasteiger partial charge on any atom is -0.449 e. The molecule has 0 spiro atoms. The standard InChI is InChI=1S/C9H16BrNO2/c10-5-4-8-13-9(12)11-6-2-1-3-7-11/h1-8H2. The van der Waals surface area contributed by atoms with E-state index in [9.17, 15) is 4.79 Å². The van der Waals surface area contributed by atoms with Gasteiger partial charge in [-0.2, -0.15) is 0 Å². The Kier molecular flexibility index (Phi) is 5.20. The zero-order valence-electron chi connectivity index (χ0n) is 7.80. The summed E-state index contributed by atoms with van der Waals surface area (Å²) in [5.74, 6) is 0. The van der Waals surface area contributed by atoms with Gasteiger partial charge in [0.2, 0.25) is 0 Å². The van der Waals surface area contributed by atoms with Gasteiger partial charge in [-0.25, -0.2) is 4.79 Å². The SMILES string of the molecule is O=C(OCCCBr)N1CCCCC1. The van der Waals surface area contributed by atoms with Crippen LogP contribution in [-0.2, 0) is 4.74 Å². The van der Waals surface area contributed by atoms with Crippen molar-refractivity contribution in [2.24, 2.45) is 0 Å². The third kappa shape index (κ3) is 3.98. The number of nitrogens with zero attached hydrogens (tertiary/aromatic N) is 1. The van der Waals surface area contributed by atoms with Crippen molar-refractivity contribution in [1.29, 1.82) is 0 Å². The van der Waals surface area contributed by atoms with Crippen LogP contribution in [0.5, 0.6) is 0 Å². The lowest BCUT2D eigenvalue weighted by Crippen LogP contribution is -2.36. The summed E-state index contributed by atoms with van der Waals surface area (Å²) in [6, 6.07) is 0. The second-order valence-corrected chi connectivity index (χ2v) is 4.00. The number of likely N-dealkylation sites (tertiary alicyclic amines) is 1. The lowest BCUT2D eigenvalue weighted by atomic mass is 10.1. The highest BCUT2D eigenvalue weighted by Gasteiger charge is 2.16. The van der Waals surface area contributed by atoms with E-state index in [1.807, 2.05) is 0 Å². The Labute approximate surface area is 87.6 Å². The molecule has 1 fully saturated rings. The van der Waals surface area contributed by atoms with Gasteiger partial charge >= 0.3 is 6.09 Å². The number of halogens is 1. The van der Waals surface area contributed by atoms with Gasteiger partial charge in [0.15, 0.2) is 0 Å². The van der Waals surface area contributed by atoms with Gasteiger partial charge in [0.05, 0.1) is 6.61 Å². The van der Waals surface area contributed by atoms with Gasteiger partial charge in [0.25, 0.3) is 0 Å². The van der Waals surface area contributed by atoms with Gasteiger partial charge in [0, 0.05) is 18.4 Å². The Morgan fingerprint density at radius 1 is 1.31 bits per heavy atom. The molecule has 1 aliphatic rings. The van der Waals surface area contributed by atoms with Gasteiger partial charge in [-0.05, 0) is 25.7 Å². The van der Waals surface area contributed by atoms with E-state index in [1.54, 1.807) is 4.90 Å². The molecule has 0 saturated carbocycles. The van der Waals surface area contributed by atoms with Gasteiger partial charge in [0.1, 0.15) is 0 Å². The van der Waals surface area contributed by atoms with E-state index in [0.717, 1.165) is 37.7 Å². The molecule has 0 N–H and O–H groups in total. The smallest absolute Gasteiger partial charge is 0.409 e. The molecule has 0 unspecified atom stereocenters. The van der Waals surface area contributed by atoms with Crippen molar-refractivity contribution in [3.63, 3.8) is 0 Å². The summed E-state index contributed by atoms with van der Waals surface area (Å²) in [6.07, 6.45) is 4.23. The first kappa shape index (κ1) is 10.8. The number of hydrogen-bond donors (Lipinski definition) is 0. The fourth-order valence-electron chi connectivity index (χ4n) is 1.38. The Bertz CT molecular complexity index is 158. The van der Waals surface area contributed by atoms with Crippen molar-refractivity contribution < 1.29 is 9.53 Å². The third-order valence-electron chi connectivity index (χ3n) is 2.12. The second-order valence-electron chi connectivity index (χ2n) is 3.20. The van der Waals surface area contributed by atoms with Gasteiger partial charge in [-0.1, -0.05) is 15.9 Å². The number of amides is 1. The molecule has 13 heavy (non-hydrogen) atoms. The summed E-state index contributed by atoms with van der Waals surface area (Å²) >= 11 is 3.29. The van der Waals surface area contributed by atoms with Crippen LogP contribution in [0.3, 0.4) is 0 Å². The average Bonchev–Trinajstić information content (AvgIpc) is 2.19. The highest BCUT2D eigenvalue weighted by Crippen LogP contribution is 2.09.